The zero-order valence-electron chi connectivity index (χ0n) is 19.7. The standard InChI is InChI=1S/C28H26FN2O4S/c1-36(34,35)30-19-5-6-20-9-15-24(16-10-20)31-27(22-7-3-2-4-8-22)25(28(31)33)17-18-26(32)21-11-13-23(29)14-12-21/h3-4,7-16,25-27,30,32H,17-19H2,1H3/t25-,26+,27-/m1/s1. The summed E-state index contributed by atoms with van der Waals surface area (Å²) in [6.07, 6.45) is 1.15. The Morgan fingerprint density at radius 2 is 1.75 bits per heavy atom. The fourth-order valence-corrected chi connectivity index (χ4v) is 4.64. The highest BCUT2D eigenvalue weighted by Gasteiger charge is 2.48. The summed E-state index contributed by atoms with van der Waals surface area (Å²) >= 11 is 0. The number of carbonyl (C=O) groups is 1. The molecular formula is C28H26FN2O4S. The molecule has 1 aliphatic heterocycles. The summed E-state index contributed by atoms with van der Waals surface area (Å²) in [5.74, 6) is 4.96. The molecule has 185 valence electrons. The fraction of sp³-hybridized carbons (Fsp3) is 0.250. The zero-order valence-corrected chi connectivity index (χ0v) is 20.5. The molecule has 0 aromatic heterocycles. The van der Waals surface area contributed by atoms with E-state index >= 15 is 0 Å². The SMILES string of the molecule is CS(=O)(=O)NCC#Cc1ccc(N2C(=O)[C@H](CC[C@H](O)c3ccc(F)cc3)[C@H]2c2cc[c]cc2)cc1. The Hall–Kier alpha value is -3.51. The average Bonchev–Trinajstić information content (AvgIpc) is 2.86. The maximum Gasteiger partial charge on any atom is 0.233 e. The van der Waals surface area contributed by atoms with Crippen molar-refractivity contribution in [3.63, 3.8) is 0 Å². The molecule has 0 spiro atoms. The number of anilines is 1. The zero-order chi connectivity index (χ0) is 25.7. The van der Waals surface area contributed by atoms with E-state index in [0.717, 1.165) is 17.5 Å². The summed E-state index contributed by atoms with van der Waals surface area (Å²) in [5.41, 5.74) is 3.03. The van der Waals surface area contributed by atoms with Crippen LogP contribution < -0.4 is 9.62 Å². The molecule has 1 fully saturated rings. The second-order valence-electron chi connectivity index (χ2n) is 8.68. The van der Waals surface area contributed by atoms with Crippen LogP contribution in [0.2, 0.25) is 0 Å². The van der Waals surface area contributed by atoms with E-state index < -0.39 is 16.1 Å². The molecule has 3 atom stereocenters. The Bertz CT molecular complexity index is 1370. The average molecular weight is 506 g/mol. The van der Waals surface area contributed by atoms with E-state index in [2.05, 4.69) is 22.6 Å². The van der Waals surface area contributed by atoms with Crippen LogP contribution in [0.4, 0.5) is 10.1 Å². The predicted octanol–water partition coefficient (Wildman–Crippen LogP) is 3.74. The Morgan fingerprint density at radius 1 is 1.08 bits per heavy atom. The van der Waals surface area contributed by atoms with E-state index in [1.54, 1.807) is 29.2 Å². The van der Waals surface area contributed by atoms with Gasteiger partial charge in [-0.1, -0.05) is 48.2 Å². The highest BCUT2D eigenvalue weighted by molar-refractivity contribution is 7.88. The van der Waals surface area contributed by atoms with Crippen molar-refractivity contribution in [2.24, 2.45) is 5.92 Å². The van der Waals surface area contributed by atoms with Gasteiger partial charge < -0.3 is 10.0 Å². The van der Waals surface area contributed by atoms with E-state index in [4.69, 9.17) is 0 Å². The number of aliphatic hydroxyl groups excluding tert-OH is 1. The lowest BCUT2D eigenvalue weighted by Crippen LogP contribution is -2.55. The van der Waals surface area contributed by atoms with E-state index in [1.807, 2.05) is 36.4 Å². The summed E-state index contributed by atoms with van der Waals surface area (Å²) in [6.45, 7) is 0.0176. The molecule has 0 saturated carbocycles. The summed E-state index contributed by atoms with van der Waals surface area (Å²) in [6, 6.07) is 23.2. The minimum Gasteiger partial charge on any atom is -0.388 e. The van der Waals surface area contributed by atoms with Crippen LogP contribution in [0.25, 0.3) is 0 Å². The molecule has 4 rings (SSSR count). The molecular weight excluding hydrogens is 479 g/mol. The first kappa shape index (κ1) is 25.6. The van der Waals surface area contributed by atoms with Crippen molar-refractivity contribution in [3.05, 3.63) is 101 Å². The summed E-state index contributed by atoms with van der Waals surface area (Å²) in [7, 11) is -3.29. The molecule has 3 aromatic carbocycles. The Kier molecular flexibility index (Phi) is 7.85. The van der Waals surface area contributed by atoms with Gasteiger partial charge in [0.2, 0.25) is 15.9 Å². The highest BCUT2D eigenvalue weighted by atomic mass is 32.2. The second-order valence-corrected chi connectivity index (χ2v) is 10.5. The minimum absolute atomic E-state index is 0.0176. The molecule has 1 saturated heterocycles. The van der Waals surface area contributed by atoms with Crippen LogP contribution in [-0.4, -0.2) is 32.2 Å². The lowest BCUT2D eigenvalue weighted by molar-refractivity contribution is -0.131. The van der Waals surface area contributed by atoms with Crippen molar-refractivity contribution in [2.45, 2.75) is 25.0 Å². The lowest BCUT2D eigenvalue weighted by atomic mass is 9.78. The lowest BCUT2D eigenvalue weighted by Gasteiger charge is -2.48. The monoisotopic (exact) mass is 505 g/mol. The van der Waals surface area contributed by atoms with Crippen molar-refractivity contribution in [1.82, 2.24) is 4.72 Å². The number of benzene rings is 3. The van der Waals surface area contributed by atoms with E-state index in [0.29, 0.717) is 24.0 Å². The number of sulfonamides is 1. The highest BCUT2D eigenvalue weighted by Crippen LogP contribution is 2.46. The van der Waals surface area contributed by atoms with Crippen LogP contribution in [-0.2, 0) is 14.8 Å². The minimum atomic E-state index is -3.29. The molecule has 2 N–H and O–H groups in total. The number of nitrogens with zero attached hydrogens (tertiary/aromatic N) is 1. The number of hydrogen-bond donors (Lipinski definition) is 2. The number of aliphatic hydroxyl groups is 1. The van der Waals surface area contributed by atoms with Gasteiger partial charge in [0.15, 0.2) is 0 Å². The summed E-state index contributed by atoms with van der Waals surface area (Å²) in [5, 5.41) is 10.6. The number of β-lactam (4-membered cyclic amide) rings is 1. The van der Waals surface area contributed by atoms with Crippen molar-refractivity contribution in [3.8, 4) is 11.8 Å². The first-order valence-electron chi connectivity index (χ1n) is 11.5. The molecule has 1 amide bonds. The number of amides is 1. The smallest absolute Gasteiger partial charge is 0.233 e. The maximum absolute atomic E-state index is 13.2. The number of halogens is 1. The third kappa shape index (κ3) is 6.18. The third-order valence-electron chi connectivity index (χ3n) is 6.11. The van der Waals surface area contributed by atoms with Gasteiger partial charge >= 0.3 is 0 Å². The van der Waals surface area contributed by atoms with Gasteiger partial charge in [-0.15, -0.1) is 0 Å². The van der Waals surface area contributed by atoms with Gasteiger partial charge in [-0.2, -0.15) is 0 Å². The molecule has 3 aromatic rings. The van der Waals surface area contributed by atoms with Crippen molar-refractivity contribution in [1.29, 1.82) is 0 Å². The van der Waals surface area contributed by atoms with Crippen LogP contribution >= 0.6 is 0 Å². The van der Waals surface area contributed by atoms with Crippen molar-refractivity contribution in [2.75, 3.05) is 17.7 Å². The van der Waals surface area contributed by atoms with Crippen LogP contribution in [0.1, 0.15) is 41.7 Å². The predicted molar refractivity (Wildman–Crippen MR) is 136 cm³/mol. The van der Waals surface area contributed by atoms with Crippen LogP contribution in [0.3, 0.4) is 0 Å². The fourth-order valence-electron chi connectivity index (χ4n) is 4.30. The number of hydrogen-bond acceptors (Lipinski definition) is 4. The largest absolute Gasteiger partial charge is 0.388 e. The Labute approximate surface area is 210 Å². The van der Waals surface area contributed by atoms with Gasteiger partial charge in [-0.3, -0.25) is 4.79 Å². The Morgan fingerprint density at radius 3 is 2.39 bits per heavy atom. The van der Waals surface area contributed by atoms with Crippen LogP contribution in [0, 0.1) is 29.6 Å². The van der Waals surface area contributed by atoms with E-state index in [9.17, 15) is 22.7 Å². The second kappa shape index (κ2) is 11.0. The molecule has 1 heterocycles. The Balaban J connectivity index is 1.48. The van der Waals surface area contributed by atoms with Gasteiger partial charge in [-0.25, -0.2) is 17.5 Å². The van der Waals surface area contributed by atoms with E-state index in [1.165, 1.54) is 12.1 Å². The molecule has 6 nitrogen and oxygen atoms in total. The van der Waals surface area contributed by atoms with Crippen molar-refractivity contribution < 1.29 is 22.7 Å². The first-order valence-corrected chi connectivity index (χ1v) is 13.4. The molecule has 0 bridgehead atoms. The van der Waals surface area contributed by atoms with Gasteiger partial charge in [0.05, 0.1) is 30.9 Å². The maximum atomic E-state index is 13.2. The molecule has 1 radical (unpaired) electrons. The summed E-state index contributed by atoms with van der Waals surface area (Å²) in [4.78, 5) is 15.0. The van der Waals surface area contributed by atoms with Crippen LogP contribution in [0.15, 0.2) is 72.8 Å². The van der Waals surface area contributed by atoms with Crippen LogP contribution in [0.5, 0.6) is 0 Å². The normalized spacial score (nSPS) is 18.2. The first-order chi connectivity index (χ1) is 17.2. The molecule has 0 aliphatic carbocycles. The number of nitrogens with one attached hydrogen (secondary N) is 1. The van der Waals surface area contributed by atoms with Crippen molar-refractivity contribution >= 4 is 21.6 Å². The molecule has 0 unspecified atom stereocenters. The topological polar surface area (TPSA) is 86.7 Å². The molecule has 1 aliphatic rings. The van der Waals surface area contributed by atoms with E-state index in [-0.39, 0.29) is 30.2 Å². The third-order valence-corrected chi connectivity index (χ3v) is 6.78. The summed E-state index contributed by atoms with van der Waals surface area (Å²) < 4.78 is 37.8. The quantitative estimate of drug-likeness (QED) is 0.361. The van der Waals surface area contributed by atoms with Gasteiger partial charge in [-0.05, 0) is 66.4 Å². The molecule has 8 heteroatoms. The number of carbonyl (C=O) groups excluding carboxylic acids is 1. The number of rotatable bonds is 8. The molecule has 36 heavy (non-hydrogen) atoms. The van der Waals surface area contributed by atoms with Gasteiger partial charge in [0, 0.05) is 11.3 Å². The van der Waals surface area contributed by atoms with Gasteiger partial charge in [0.25, 0.3) is 0 Å². The van der Waals surface area contributed by atoms with Gasteiger partial charge in [0.1, 0.15) is 5.82 Å².